The van der Waals surface area contributed by atoms with Gasteiger partial charge in [0.2, 0.25) is 0 Å². The average Bonchev–Trinajstić information content (AvgIpc) is 3.54. The summed E-state index contributed by atoms with van der Waals surface area (Å²) in [6.45, 7) is 7.49. The number of rotatable bonds is 16. The third-order valence-corrected chi connectivity index (χ3v) is 7.06. The summed E-state index contributed by atoms with van der Waals surface area (Å²) in [5, 5.41) is 0. The summed E-state index contributed by atoms with van der Waals surface area (Å²) in [5.41, 5.74) is 1.95. The van der Waals surface area contributed by atoms with Gasteiger partial charge in [0.15, 0.2) is 18.5 Å². The first kappa shape index (κ1) is 35.8. The Kier molecular flexibility index (Phi) is 13.2. The van der Waals surface area contributed by atoms with E-state index in [0.717, 1.165) is 29.7 Å². The highest BCUT2D eigenvalue weighted by molar-refractivity contribution is 5.91. The molecule has 11 nitrogen and oxygen atoms in total. The van der Waals surface area contributed by atoms with Crippen LogP contribution in [0.3, 0.4) is 0 Å². The zero-order valence-corrected chi connectivity index (χ0v) is 26.7. The molecule has 2 atom stereocenters. The van der Waals surface area contributed by atoms with Gasteiger partial charge in [0.05, 0.1) is 32.0 Å². The van der Waals surface area contributed by atoms with Gasteiger partial charge in [0.25, 0.3) is 0 Å². The minimum absolute atomic E-state index is 0.118. The van der Waals surface area contributed by atoms with Gasteiger partial charge in [-0.15, -0.1) is 0 Å². The Balaban J connectivity index is 1.29. The van der Waals surface area contributed by atoms with Gasteiger partial charge in [-0.2, -0.15) is 0 Å². The maximum atomic E-state index is 14.7. The highest BCUT2D eigenvalue weighted by Gasteiger charge is 2.47. The lowest BCUT2D eigenvalue weighted by Crippen LogP contribution is -2.39. The Morgan fingerprint density at radius 3 is 1.88 bits per heavy atom. The molecule has 0 saturated carbocycles. The molecule has 1 fully saturated rings. The van der Waals surface area contributed by atoms with Crippen molar-refractivity contribution < 1.29 is 56.7 Å². The van der Waals surface area contributed by atoms with Crippen molar-refractivity contribution in [2.24, 2.45) is 0 Å². The van der Waals surface area contributed by atoms with Crippen LogP contribution < -0.4 is 9.47 Å². The fourth-order valence-corrected chi connectivity index (χ4v) is 4.67. The van der Waals surface area contributed by atoms with E-state index in [4.69, 9.17) is 33.2 Å². The minimum Gasteiger partial charge on any atom is -0.493 e. The fraction of sp³-hybridized carbons (Fsp3) is 0.333. The second kappa shape index (κ2) is 17.7. The Bertz CT molecular complexity index is 1540. The summed E-state index contributed by atoms with van der Waals surface area (Å²) in [6.07, 6.45) is -0.296. The van der Waals surface area contributed by atoms with Crippen molar-refractivity contribution in [3.63, 3.8) is 0 Å². The number of unbranched alkanes of at least 4 members (excludes halogenated alkanes) is 2. The van der Waals surface area contributed by atoms with Crippen molar-refractivity contribution in [2.75, 3.05) is 26.4 Å². The molecule has 0 spiro atoms. The normalized spacial score (nSPS) is 15.7. The van der Waals surface area contributed by atoms with Gasteiger partial charge < -0.3 is 33.2 Å². The zero-order valence-electron chi connectivity index (χ0n) is 26.7. The number of esters is 4. The van der Waals surface area contributed by atoms with E-state index in [9.17, 15) is 23.6 Å². The van der Waals surface area contributed by atoms with E-state index in [1.165, 1.54) is 12.1 Å². The van der Waals surface area contributed by atoms with Crippen molar-refractivity contribution in [2.45, 2.75) is 51.6 Å². The van der Waals surface area contributed by atoms with E-state index in [2.05, 4.69) is 6.58 Å². The largest absolute Gasteiger partial charge is 0.493 e. The number of hydrogen-bond acceptors (Lipinski definition) is 11. The lowest BCUT2D eigenvalue weighted by molar-refractivity contribution is -0.163. The van der Waals surface area contributed by atoms with Gasteiger partial charge >= 0.3 is 23.9 Å². The molecular formula is C36H37FO11. The van der Waals surface area contributed by atoms with Gasteiger partial charge in [-0.3, -0.25) is 0 Å². The SMILES string of the molecule is C=CC(=O)OCCCCCOc1ccc(C(=O)Oc2ccc(-c3ccc(C4O[C@@H](C(=O)OCC)[C@H](C(=O)OCC)O4)cc3)cc2)c(F)c1. The van der Waals surface area contributed by atoms with E-state index >= 15 is 0 Å². The first-order chi connectivity index (χ1) is 23.2. The molecule has 4 rings (SSSR count). The number of hydrogen-bond donors (Lipinski definition) is 0. The number of halogens is 1. The Morgan fingerprint density at radius 2 is 1.31 bits per heavy atom. The molecule has 0 unspecified atom stereocenters. The van der Waals surface area contributed by atoms with Crippen LogP contribution in [-0.2, 0) is 38.1 Å². The molecule has 3 aromatic carbocycles. The molecule has 48 heavy (non-hydrogen) atoms. The first-order valence-electron chi connectivity index (χ1n) is 15.5. The second-order valence-electron chi connectivity index (χ2n) is 10.4. The van der Waals surface area contributed by atoms with Crippen LogP contribution in [0.5, 0.6) is 11.5 Å². The van der Waals surface area contributed by atoms with Crippen molar-refractivity contribution in [3.05, 3.63) is 96.3 Å². The van der Waals surface area contributed by atoms with Gasteiger partial charge in [0, 0.05) is 17.7 Å². The van der Waals surface area contributed by atoms with Gasteiger partial charge in [-0.05, 0) is 68.5 Å². The highest BCUT2D eigenvalue weighted by atomic mass is 19.1. The van der Waals surface area contributed by atoms with Crippen LogP contribution >= 0.6 is 0 Å². The number of carbonyl (C=O) groups excluding carboxylic acids is 4. The van der Waals surface area contributed by atoms with Gasteiger partial charge in [0.1, 0.15) is 17.3 Å². The Morgan fingerprint density at radius 1 is 0.750 bits per heavy atom. The summed E-state index contributed by atoms with van der Waals surface area (Å²) in [6, 6.07) is 17.7. The van der Waals surface area contributed by atoms with Crippen LogP contribution in [0, 0.1) is 5.82 Å². The van der Waals surface area contributed by atoms with Crippen LogP contribution in [0.4, 0.5) is 4.39 Å². The maximum absolute atomic E-state index is 14.7. The fourth-order valence-electron chi connectivity index (χ4n) is 4.67. The molecule has 1 aliphatic rings. The maximum Gasteiger partial charge on any atom is 0.346 e. The molecule has 0 N–H and O–H groups in total. The molecule has 1 saturated heterocycles. The van der Waals surface area contributed by atoms with Crippen molar-refractivity contribution >= 4 is 23.9 Å². The van der Waals surface area contributed by atoms with Crippen LogP contribution in [-0.4, -0.2) is 62.5 Å². The number of benzene rings is 3. The molecule has 254 valence electrons. The van der Waals surface area contributed by atoms with Crippen LogP contribution in [0.1, 0.15) is 55.3 Å². The molecule has 3 aromatic rings. The van der Waals surface area contributed by atoms with Gasteiger partial charge in [-0.1, -0.05) is 43.0 Å². The molecule has 12 heteroatoms. The van der Waals surface area contributed by atoms with Crippen LogP contribution in [0.25, 0.3) is 11.1 Å². The van der Waals surface area contributed by atoms with Crippen molar-refractivity contribution in [1.29, 1.82) is 0 Å². The van der Waals surface area contributed by atoms with Crippen molar-refractivity contribution in [1.82, 2.24) is 0 Å². The first-order valence-corrected chi connectivity index (χ1v) is 15.5. The molecule has 0 bridgehead atoms. The Hall–Kier alpha value is -5.07. The predicted octanol–water partition coefficient (Wildman–Crippen LogP) is 5.90. The second-order valence-corrected chi connectivity index (χ2v) is 10.4. The number of carbonyl (C=O) groups is 4. The highest BCUT2D eigenvalue weighted by Crippen LogP contribution is 2.34. The van der Waals surface area contributed by atoms with Crippen molar-refractivity contribution in [3.8, 4) is 22.6 Å². The van der Waals surface area contributed by atoms with E-state index in [1.807, 2.05) is 0 Å². The molecule has 0 aromatic heterocycles. The van der Waals surface area contributed by atoms with Crippen LogP contribution in [0.15, 0.2) is 79.4 Å². The molecule has 1 aliphatic heterocycles. The molecular weight excluding hydrogens is 627 g/mol. The monoisotopic (exact) mass is 664 g/mol. The molecule has 1 heterocycles. The van der Waals surface area contributed by atoms with E-state index in [1.54, 1.807) is 62.4 Å². The minimum atomic E-state index is -1.26. The summed E-state index contributed by atoms with van der Waals surface area (Å²) in [4.78, 5) is 48.4. The van der Waals surface area contributed by atoms with E-state index in [-0.39, 0.29) is 30.3 Å². The predicted molar refractivity (Wildman–Crippen MR) is 169 cm³/mol. The smallest absolute Gasteiger partial charge is 0.346 e. The summed E-state index contributed by atoms with van der Waals surface area (Å²) in [5.74, 6) is -3.02. The zero-order chi connectivity index (χ0) is 34.5. The number of ether oxygens (including phenoxy) is 7. The average molecular weight is 665 g/mol. The third-order valence-electron chi connectivity index (χ3n) is 7.06. The van der Waals surface area contributed by atoms with E-state index < -0.39 is 48.2 Å². The Labute approximate surface area is 277 Å². The molecule has 0 amide bonds. The summed E-state index contributed by atoms with van der Waals surface area (Å²) in [7, 11) is 0. The summed E-state index contributed by atoms with van der Waals surface area (Å²) >= 11 is 0. The standard InChI is InChI=1S/C36H37FO11/c1-4-30(38)45-21-9-7-8-20-44-27-18-19-28(29(37)22-27)33(39)46-26-16-14-24(15-17-26)23-10-12-25(13-11-23)36-47-31(34(40)42-5-2)32(48-36)35(41)43-6-3/h4,10-19,22,31-32,36H,1,5-9,20-21H2,2-3H3/t31-,32-/m1/s1. The molecule has 0 aliphatic carbocycles. The quantitative estimate of drug-likeness (QED) is 0.0596. The van der Waals surface area contributed by atoms with Gasteiger partial charge in [-0.25, -0.2) is 23.6 Å². The summed E-state index contributed by atoms with van der Waals surface area (Å²) < 4.78 is 52.1. The topological polar surface area (TPSA) is 133 Å². The van der Waals surface area contributed by atoms with E-state index in [0.29, 0.717) is 31.6 Å². The molecule has 0 radical (unpaired) electrons. The third kappa shape index (κ3) is 9.72. The lowest BCUT2D eigenvalue weighted by atomic mass is 10.0. The lowest BCUT2D eigenvalue weighted by Gasteiger charge is -2.13. The van der Waals surface area contributed by atoms with Crippen LogP contribution in [0.2, 0.25) is 0 Å².